The van der Waals surface area contributed by atoms with E-state index in [1.807, 2.05) is 0 Å². The molecule has 0 spiro atoms. The maximum Gasteiger partial charge on any atom is 0.0350 e. The van der Waals surface area contributed by atoms with E-state index in [1.54, 1.807) is 0 Å². The first-order chi connectivity index (χ1) is 9.70. The van der Waals surface area contributed by atoms with E-state index < -0.39 is 0 Å². The predicted octanol–water partition coefficient (Wildman–Crippen LogP) is 4.74. The van der Waals surface area contributed by atoms with Gasteiger partial charge in [-0.25, -0.2) is 0 Å². The van der Waals surface area contributed by atoms with Gasteiger partial charge in [-0.3, -0.25) is 4.90 Å². The van der Waals surface area contributed by atoms with Gasteiger partial charge in [0.25, 0.3) is 0 Å². The van der Waals surface area contributed by atoms with Crippen molar-refractivity contribution in [1.82, 2.24) is 10.2 Å². The zero-order valence-electron chi connectivity index (χ0n) is 12.2. The van der Waals surface area contributed by atoms with E-state index in [0.29, 0.717) is 6.04 Å². The maximum atomic E-state index is 3.63. The van der Waals surface area contributed by atoms with Gasteiger partial charge in [0.2, 0.25) is 0 Å². The van der Waals surface area contributed by atoms with E-state index in [2.05, 4.69) is 67.2 Å². The van der Waals surface area contributed by atoms with E-state index in [0.717, 1.165) is 35.1 Å². The number of hydrogen-bond acceptors (Lipinski definition) is 2. The molecule has 1 saturated heterocycles. The average Bonchev–Trinajstić information content (AvgIpc) is 2.43. The molecule has 2 rings (SSSR count). The van der Waals surface area contributed by atoms with Crippen LogP contribution in [0.5, 0.6) is 0 Å². The monoisotopic (exact) mass is 402 g/mol. The van der Waals surface area contributed by atoms with E-state index >= 15 is 0 Å². The van der Waals surface area contributed by atoms with Crippen molar-refractivity contribution in [3.63, 3.8) is 0 Å². The molecule has 1 atom stereocenters. The molecule has 0 radical (unpaired) electrons. The second kappa shape index (κ2) is 8.52. The summed E-state index contributed by atoms with van der Waals surface area (Å²) in [6, 6.07) is 7.23. The van der Waals surface area contributed by atoms with E-state index in [1.165, 1.54) is 31.2 Å². The molecule has 20 heavy (non-hydrogen) atoms. The summed E-state index contributed by atoms with van der Waals surface area (Å²) in [6.07, 6.45) is 5.19. The van der Waals surface area contributed by atoms with Crippen molar-refractivity contribution in [2.45, 2.75) is 38.6 Å². The fourth-order valence-electron chi connectivity index (χ4n) is 2.91. The number of hydrogen-bond donors (Lipinski definition) is 1. The highest BCUT2D eigenvalue weighted by atomic mass is 79.9. The normalized spacial score (nSPS) is 18.1. The summed E-state index contributed by atoms with van der Waals surface area (Å²) < 4.78 is 2.33. The third kappa shape index (κ3) is 4.83. The SMILES string of the molecule is CCCCC[C@@H](c1cc(Br)cc(Br)c1)N1CCNCC1. The topological polar surface area (TPSA) is 15.3 Å². The lowest BCUT2D eigenvalue weighted by Crippen LogP contribution is -2.45. The van der Waals surface area contributed by atoms with Crippen molar-refractivity contribution in [3.05, 3.63) is 32.7 Å². The summed E-state index contributed by atoms with van der Waals surface area (Å²) >= 11 is 7.25. The van der Waals surface area contributed by atoms with Crippen molar-refractivity contribution < 1.29 is 0 Å². The summed E-state index contributed by atoms with van der Waals surface area (Å²) in [6.45, 7) is 6.80. The average molecular weight is 404 g/mol. The van der Waals surface area contributed by atoms with Crippen molar-refractivity contribution in [2.24, 2.45) is 0 Å². The largest absolute Gasteiger partial charge is 0.314 e. The van der Waals surface area contributed by atoms with Crippen LogP contribution >= 0.6 is 31.9 Å². The van der Waals surface area contributed by atoms with E-state index in [4.69, 9.17) is 0 Å². The third-order valence-corrected chi connectivity index (χ3v) is 4.86. The molecule has 1 N–H and O–H groups in total. The van der Waals surface area contributed by atoms with Gasteiger partial charge in [0.05, 0.1) is 0 Å². The summed E-state index contributed by atoms with van der Waals surface area (Å²) in [4.78, 5) is 2.64. The minimum atomic E-state index is 0.553. The minimum Gasteiger partial charge on any atom is -0.314 e. The van der Waals surface area contributed by atoms with Gasteiger partial charge in [-0.15, -0.1) is 0 Å². The maximum absolute atomic E-state index is 3.63. The highest BCUT2D eigenvalue weighted by Crippen LogP contribution is 2.31. The van der Waals surface area contributed by atoms with Crippen LogP contribution in [0.2, 0.25) is 0 Å². The first-order valence-corrected chi connectivity index (χ1v) is 9.20. The summed E-state index contributed by atoms with van der Waals surface area (Å²) in [5.74, 6) is 0. The van der Waals surface area contributed by atoms with Crippen molar-refractivity contribution in [1.29, 1.82) is 0 Å². The van der Waals surface area contributed by atoms with E-state index in [9.17, 15) is 0 Å². The fourth-order valence-corrected chi connectivity index (χ4v) is 4.24. The van der Waals surface area contributed by atoms with Gasteiger partial charge in [0.15, 0.2) is 0 Å². The van der Waals surface area contributed by atoms with Crippen LogP contribution < -0.4 is 5.32 Å². The lowest BCUT2D eigenvalue weighted by Gasteiger charge is -2.35. The highest BCUT2D eigenvalue weighted by Gasteiger charge is 2.22. The van der Waals surface area contributed by atoms with Crippen LogP contribution in [0.3, 0.4) is 0 Å². The number of halogens is 2. The molecule has 0 aromatic heterocycles. The fraction of sp³-hybridized carbons (Fsp3) is 0.625. The van der Waals surface area contributed by atoms with E-state index in [-0.39, 0.29) is 0 Å². The van der Waals surface area contributed by atoms with Crippen molar-refractivity contribution in [2.75, 3.05) is 26.2 Å². The second-order valence-electron chi connectivity index (χ2n) is 5.50. The van der Waals surface area contributed by atoms with Gasteiger partial charge in [0.1, 0.15) is 0 Å². The molecular formula is C16H24Br2N2. The Bertz CT molecular complexity index is 397. The van der Waals surface area contributed by atoms with Crippen LogP contribution in [-0.2, 0) is 0 Å². The number of unbranched alkanes of at least 4 members (excludes halogenated alkanes) is 2. The van der Waals surface area contributed by atoms with Gasteiger partial charge < -0.3 is 5.32 Å². The molecule has 0 amide bonds. The Labute approximate surface area is 139 Å². The second-order valence-corrected chi connectivity index (χ2v) is 7.33. The third-order valence-electron chi connectivity index (χ3n) is 3.94. The lowest BCUT2D eigenvalue weighted by atomic mass is 9.98. The molecule has 0 bridgehead atoms. The number of rotatable bonds is 6. The Balaban J connectivity index is 2.15. The molecule has 0 aliphatic carbocycles. The summed E-state index contributed by atoms with van der Waals surface area (Å²) in [7, 11) is 0. The Hall–Kier alpha value is 0.1000. The van der Waals surface area contributed by atoms with Gasteiger partial charge in [0, 0.05) is 41.2 Å². The van der Waals surface area contributed by atoms with Crippen LogP contribution in [0.1, 0.15) is 44.2 Å². The van der Waals surface area contributed by atoms with Gasteiger partial charge in [-0.05, 0) is 30.2 Å². The molecule has 1 aromatic rings. The number of nitrogens with zero attached hydrogens (tertiary/aromatic N) is 1. The molecule has 0 saturated carbocycles. The molecular weight excluding hydrogens is 380 g/mol. The molecule has 112 valence electrons. The summed E-state index contributed by atoms with van der Waals surface area (Å²) in [5.41, 5.74) is 1.43. The quantitative estimate of drug-likeness (QED) is 0.690. The predicted molar refractivity (Wildman–Crippen MR) is 93.2 cm³/mol. The number of piperazine rings is 1. The number of benzene rings is 1. The smallest absolute Gasteiger partial charge is 0.0350 e. The van der Waals surface area contributed by atoms with Crippen LogP contribution in [-0.4, -0.2) is 31.1 Å². The first kappa shape index (κ1) is 16.5. The molecule has 1 aliphatic rings. The molecule has 1 heterocycles. The molecule has 1 aliphatic heterocycles. The standard InChI is InChI=1S/C16H24Br2N2/c1-2-3-4-5-16(20-8-6-19-7-9-20)13-10-14(17)12-15(18)11-13/h10-12,16,19H,2-9H2,1H3/t16-/m0/s1. The zero-order valence-corrected chi connectivity index (χ0v) is 15.3. The van der Waals surface area contributed by atoms with Crippen LogP contribution in [0.15, 0.2) is 27.1 Å². The van der Waals surface area contributed by atoms with Crippen LogP contribution in [0.4, 0.5) is 0 Å². The highest BCUT2D eigenvalue weighted by molar-refractivity contribution is 9.11. The lowest BCUT2D eigenvalue weighted by molar-refractivity contribution is 0.162. The van der Waals surface area contributed by atoms with Gasteiger partial charge in [-0.1, -0.05) is 58.0 Å². The Kier molecular flexibility index (Phi) is 7.02. The van der Waals surface area contributed by atoms with Gasteiger partial charge >= 0.3 is 0 Å². The van der Waals surface area contributed by atoms with Crippen LogP contribution in [0.25, 0.3) is 0 Å². The van der Waals surface area contributed by atoms with Crippen molar-refractivity contribution in [3.8, 4) is 0 Å². The molecule has 1 fully saturated rings. The Morgan fingerprint density at radius 1 is 1.10 bits per heavy atom. The minimum absolute atomic E-state index is 0.553. The van der Waals surface area contributed by atoms with Crippen molar-refractivity contribution >= 4 is 31.9 Å². The molecule has 2 nitrogen and oxygen atoms in total. The van der Waals surface area contributed by atoms with Crippen LogP contribution in [0, 0.1) is 0 Å². The Morgan fingerprint density at radius 2 is 1.75 bits per heavy atom. The molecule has 0 unspecified atom stereocenters. The number of nitrogens with one attached hydrogen (secondary N) is 1. The first-order valence-electron chi connectivity index (χ1n) is 7.61. The zero-order chi connectivity index (χ0) is 14.4. The summed E-state index contributed by atoms with van der Waals surface area (Å²) in [5, 5.41) is 3.45. The van der Waals surface area contributed by atoms with Gasteiger partial charge in [-0.2, -0.15) is 0 Å². The molecule has 1 aromatic carbocycles. The Morgan fingerprint density at radius 3 is 2.35 bits per heavy atom. The molecule has 4 heteroatoms.